The number of phenols is 1. The van der Waals surface area contributed by atoms with E-state index in [9.17, 15) is 39.6 Å². The number of nitrogens with one attached hydrogen (secondary N) is 1. The van der Waals surface area contributed by atoms with E-state index >= 15 is 0 Å². The molecule has 364 valence electrons. The number of hydrogen-bond acceptors (Lipinski definition) is 16. The van der Waals surface area contributed by atoms with Gasteiger partial charge in [-0.2, -0.15) is 0 Å². The number of aromatic nitrogens is 1. The maximum absolute atomic E-state index is 14.9. The van der Waals surface area contributed by atoms with Gasteiger partial charge in [0.1, 0.15) is 28.8 Å². The Morgan fingerprint density at radius 3 is 2.40 bits per heavy atom. The Hall–Kier alpha value is -6.01. The number of aliphatic hydroxyl groups excluding tert-OH is 3. The average molecular weight is 939 g/mol. The summed E-state index contributed by atoms with van der Waals surface area (Å²) in [5.41, 5.74) is -1.26. The molecule has 17 nitrogen and oxygen atoms in total. The van der Waals surface area contributed by atoms with E-state index in [2.05, 4.69) is 22.2 Å². The van der Waals surface area contributed by atoms with E-state index in [1.807, 2.05) is 0 Å². The van der Waals surface area contributed by atoms with E-state index in [1.54, 1.807) is 45.9 Å². The molecule has 0 spiro atoms. The standard InChI is InChI=1S/C51H62N4O13/c1-23-13-11-14-24(2)50(63)53-41-45(61)37-36(40-48(41)67-35-20-31(19-33(57)39(35)52-40)55-21-30-15-12-17-54(9)32(30)22-55)38-47(28(6)44(37)60)68-51(8,49(38)62)65-18-16-34(64-10)25(3)46(66-29(7)56)27(5)43(59)26(4)42(23)58/h11,13-14,16,18-20,23,25-27,30,32,34,42-43,46,58-60,62H,12,15,17,21-22H2,1-10H3,(H,53,63)/b13-11+,18-16+,24-14-/t23-,25+,26+,27+,30-,32+,34-,42-,43+,46+,51-/m0/s1. The van der Waals surface area contributed by atoms with Gasteiger partial charge in [-0.15, -0.1) is 0 Å². The van der Waals surface area contributed by atoms with E-state index in [4.69, 9.17) is 28.3 Å². The van der Waals surface area contributed by atoms with E-state index in [1.165, 1.54) is 59.3 Å². The van der Waals surface area contributed by atoms with E-state index in [0.29, 0.717) is 24.2 Å². The van der Waals surface area contributed by atoms with Crippen LogP contribution in [0.25, 0.3) is 38.7 Å². The summed E-state index contributed by atoms with van der Waals surface area (Å²) in [5.74, 6) is -6.48. The van der Waals surface area contributed by atoms with Crippen molar-refractivity contribution in [3.63, 3.8) is 0 Å². The van der Waals surface area contributed by atoms with E-state index < -0.39 is 88.1 Å². The second-order valence-corrected chi connectivity index (χ2v) is 19.4. The number of allylic oxidation sites excluding steroid dienone is 2. The van der Waals surface area contributed by atoms with Crippen molar-refractivity contribution in [2.75, 3.05) is 44.0 Å². The smallest absolute Gasteiger partial charge is 0.307 e. The number of esters is 1. The number of aromatic hydroxyl groups is 1. The molecular formula is C51H62N4O13. The predicted molar refractivity (Wildman–Crippen MR) is 256 cm³/mol. The first kappa shape index (κ1) is 48.4. The first-order valence-corrected chi connectivity index (χ1v) is 23.3. The number of amides is 1. The fourth-order valence-electron chi connectivity index (χ4n) is 10.7. The molecule has 4 aliphatic heterocycles. The fraction of sp³-hybridized carbons (Fsp3) is 0.510. The Balaban J connectivity index is 1.35. The molecule has 1 amide bonds. The van der Waals surface area contributed by atoms with Crippen LogP contribution in [0.15, 0.2) is 62.3 Å². The number of rotatable bonds is 3. The molecule has 17 heteroatoms. The lowest BCUT2D eigenvalue weighted by Gasteiger charge is -2.38. The minimum atomic E-state index is -1.98. The molecule has 4 aliphatic rings. The molecule has 0 unspecified atom stereocenters. The summed E-state index contributed by atoms with van der Waals surface area (Å²) >= 11 is 0. The molecule has 1 aromatic heterocycles. The van der Waals surface area contributed by atoms with Gasteiger partial charge in [-0.1, -0.05) is 45.9 Å². The van der Waals surface area contributed by atoms with Crippen LogP contribution in [-0.4, -0.2) is 112 Å². The molecule has 2 saturated heterocycles. The number of fused-ring (bicyclic) bond motifs is 3. The summed E-state index contributed by atoms with van der Waals surface area (Å²) in [6.07, 6.45) is 5.75. The highest BCUT2D eigenvalue weighted by Crippen LogP contribution is 2.43. The van der Waals surface area contributed by atoms with Crippen LogP contribution in [-0.2, 0) is 23.8 Å². The predicted octanol–water partition coefficient (Wildman–Crippen LogP) is 5.09. The summed E-state index contributed by atoms with van der Waals surface area (Å²) in [5, 5.41) is 49.4. The van der Waals surface area contributed by atoms with Gasteiger partial charge in [0.15, 0.2) is 22.4 Å². The molecule has 8 rings (SSSR count). The second-order valence-electron chi connectivity index (χ2n) is 19.4. The number of benzene rings is 3. The number of methoxy groups -OCH3 is 1. The van der Waals surface area contributed by atoms with Crippen molar-refractivity contribution in [2.24, 2.45) is 29.6 Å². The zero-order chi connectivity index (χ0) is 49.3. The third kappa shape index (κ3) is 8.36. The van der Waals surface area contributed by atoms with Crippen molar-refractivity contribution >= 4 is 62.0 Å². The quantitative estimate of drug-likeness (QED) is 0.102. The van der Waals surface area contributed by atoms with E-state index in [-0.39, 0.29) is 60.8 Å². The van der Waals surface area contributed by atoms with Crippen LogP contribution < -0.4 is 31.0 Å². The molecule has 11 atom stereocenters. The van der Waals surface area contributed by atoms with Crippen LogP contribution in [0, 0.1) is 36.5 Å². The van der Waals surface area contributed by atoms with Gasteiger partial charge in [0.2, 0.25) is 10.9 Å². The molecule has 0 aliphatic carbocycles. The third-order valence-electron chi connectivity index (χ3n) is 14.8. The van der Waals surface area contributed by atoms with Crippen molar-refractivity contribution < 1.29 is 53.4 Å². The van der Waals surface area contributed by atoms with Crippen LogP contribution in [0.2, 0.25) is 0 Å². The van der Waals surface area contributed by atoms with Crippen LogP contribution >= 0.6 is 0 Å². The summed E-state index contributed by atoms with van der Waals surface area (Å²) in [6, 6.07) is 3.53. The number of likely N-dealkylation sites (tertiary alicyclic amines) is 1. The van der Waals surface area contributed by atoms with Crippen LogP contribution in [0.5, 0.6) is 11.5 Å². The molecule has 3 aromatic carbocycles. The monoisotopic (exact) mass is 938 g/mol. The number of carbonyl (C=O) groups is 2. The summed E-state index contributed by atoms with van der Waals surface area (Å²) in [6.45, 7) is 15.1. The fourth-order valence-corrected chi connectivity index (χ4v) is 10.7. The van der Waals surface area contributed by atoms with Crippen LogP contribution in [0.1, 0.15) is 66.9 Å². The zero-order valence-corrected chi connectivity index (χ0v) is 40.2. The Morgan fingerprint density at radius 1 is 0.971 bits per heavy atom. The van der Waals surface area contributed by atoms with Crippen molar-refractivity contribution in [3.8, 4) is 11.5 Å². The molecule has 0 saturated carbocycles. The maximum atomic E-state index is 14.9. The Kier molecular flexibility index (Phi) is 13.2. The largest absolute Gasteiger partial charge is 0.507 e. The molecule has 4 aromatic rings. The number of nitrogens with zero attached hydrogens (tertiary/aromatic N) is 3. The number of likely N-dealkylation sites (N-methyl/N-ethyl adjacent to an activating group) is 1. The molecule has 2 fully saturated rings. The van der Waals surface area contributed by atoms with Crippen LogP contribution in [0.4, 0.5) is 11.4 Å². The van der Waals surface area contributed by atoms with Gasteiger partial charge in [-0.05, 0) is 52.3 Å². The van der Waals surface area contributed by atoms with Gasteiger partial charge >= 0.3 is 11.8 Å². The van der Waals surface area contributed by atoms with Crippen molar-refractivity contribution in [2.45, 2.75) is 104 Å². The van der Waals surface area contributed by atoms with Gasteiger partial charge in [0.05, 0.1) is 35.2 Å². The second kappa shape index (κ2) is 18.5. The highest BCUT2D eigenvalue weighted by Gasteiger charge is 2.45. The van der Waals surface area contributed by atoms with Gasteiger partial charge in [-0.25, -0.2) is 4.98 Å². The number of ether oxygens (including phenoxy) is 4. The van der Waals surface area contributed by atoms with Crippen LogP contribution in [0.3, 0.4) is 0 Å². The molecule has 68 heavy (non-hydrogen) atoms. The zero-order valence-electron chi connectivity index (χ0n) is 40.2. The molecule has 5 heterocycles. The maximum Gasteiger partial charge on any atom is 0.307 e. The average Bonchev–Trinajstić information content (AvgIpc) is 3.86. The highest BCUT2D eigenvalue weighted by atomic mass is 16.7. The molecule has 5 N–H and O–H groups in total. The van der Waals surface area contributed by atoms with Gasteiger partial charge in [-0.3, -0.25) is 19.2 Å². The summed E-state index contributed by atoms with van der Waals surface area (Å²) < 4.78 is 30.6. The normalized spacial score (nSPS) is 32.4. The minimum absolute atomic E-state index is 0.0445. The molecule has 4 bridgehead atoms. The van der Waals surface area contributed by atoms with E-state index in [0.717, 1.165) is 25.9 Å². The number of phenolic OH excluding ortho intramolecular Hbond substituents is 1. The van der Waals surface area contributed by atoms with Crippen molar-refractivity contribution in [1.29, 1.82) is 0 Å². The number of carbonyl (C=O) groups excluding carboxylic acids is 2. The summed E-state index contributed by atoms with van der Waals surface area (Å²) in [7, 11) is 3.56. The SMILES string of the molecule is CO[C@H]1/C=C/O[C@@]2(C)Oc3c(C)c(O)c4c(=O)c(c5oc6cc(N7C[C@@H]8CCCN(C)[C@@H]8C7)cc(=O)c6nc5c4c3=C2O)NC(=O)/C(C)=C\C=C\[C@H](C)[C@H](O)[C@@H](C)[C@@H](O)[C@@H](C)[C@H](OC(C)=O)[C@@H]1C. The van der Waals surface area contributed by atoms with Gasteiger partial charge < -0.3 is 58.9 Å². The topological polar surface area (TPSA) is 231 Å². The summed E-state index contributed by atoms with van der Waals surface area (Å²) in [4.78, 5) is 64.9. The lowest BCUT2D eigenvalue weighted by Crippen LogP contribution is -2.46. The number of hydrogen-bond donors (Lipinski definition) is 5. The van der Waals surface area contributed by atoms with Gasteiger partial charge in [0.25, 0.3) is 5.91 Å². The van der Waals surface area contributed by atoms with Crippen molar-refractivity contribution in [3.05, 3.63) is 79.5 Å². The molecular weight excluding hydrogens is 877 g/mol. The lowest BCUT2D eigenvalue weighted by molar-refractivity contribution is -0.160. The Labute approximate surface area is 393 Å². The first-order chi connectivity index (χ1) is 32.2. The van der Waals surface area contributed by atoms with Gasteiger partial charge in [0, 0.05) is 98.1 Å². The molecule has 0 radical (unpaired) electrons. The lowest BCUT2D eigenvalue weighted by atomic mass is 9.78. The number of anilines is 2. The first-order valence-electron chi connectivity index (χ1n) is 23.3. The Bertz CT molecular complexity index is 2970. The minimum Gasteiger partial charge on any atom is -0.507 e. The van der Waals surface area contributed by atoms with Crippen molar-refractivity contribution in [1.82, 2.24) is 9.88 Å². The Morgan fingerprint density at radius 2 is 1.71 bits per heavy atom. The third-order valence-corrected chi connectivity index (χ3v) is 14.8. The number of piperidine rings is 1. The number of aliphatic hydroxyl groups is 3. The highest BCUT2D eigenvalue weighted by molar-refractivity contribution is 6.16.